The number of carbonyl (C=O) groups excluding carboxylic acids is 2. The Morgan fingerprint density at radius 2 is 2.00 bits per heavy atom. The average molecular weight is 371 g/mol. The topological polar surface area (TPSA) is 61.9 Å². The molecular weight excluding hydrogens is 350 g/mol. The van der Waals surface area contributed by atoms with Crippen molar-refractivity contribution in [2.75, 3.05) is 43.5 Å². The summed E-state index contributed by atoms with van der Waals surface area (Å²) in [5.41, 5.74) is 2.27. The van der Waals surface area contributed by atoms with Crippen molar-refractivity contribution in [2.24, 2.45) is 0 Å². The molecular formula is C19H21N3O3S. The third-order valence-electron chi connectivity index (χ3n) is 4.33. The second-order valence-electron chi connectivity index (χ2n) is 5.87. The van der Waals surface area contributed by atoms with E-state index in [9.17, 15) is 9.59 Å². The van der Waals surface area contributed by atoms with Crippen LogP contribution in [0, 0.1) is 0 Å². The largest absolute Gasteiger partial charge is 0.495 e. The van der Waals surface area contributed by atoms with Crippen LogP contribution in [0.15, 0.2) is 47.7 Å². The molecule has 1 N–H and O–H groups in total. The lowest BCUT2D eigenvalue weighted by Crippen LogP contribution is -2.48. The van der Waals surface area contributed by atoms with Crippen LogP contribution in [0.2, 0.25) is 0 Å². The van der Waals surface area contributed by atoms with Crippen molar-refractivity contribution in [3.8, 4) is 5.75 Å². The van der Waals surface area contributed by atoms with Gasteiger partial charge in [-0.2, -0.15) is 0 Å². The number of amides is 2. The molecule has 0 aliphatic carbocycles. The summed E-state index contributed by atoms with van der Waals surface area (Å²) in [6.07, 6.45) is 1.35. The Morgan fingerprint density at radius 3 is 2.69 bits per heavy atom. The van der Waals surface area contributed by atoms with E-state index >= 15 is 0 Å². The number of hydrogen-bond donors (Lipinski definition) is 1. The van der Waals surface area contributed by atoms with Crippen LogP contribution in [0.1, 0.15) is 10.4 Å². The van der Waals surface area contributed by atoms with E-state index in [1.54, 1.807) is 22.8 Å². The summed E-state index contributed by atoms with van der Waals surface area (Å²) in [6, 6.07) is 7.72. The highest BCUT2D eigenvalue weighted by Crippen LogP contribution is 2.26. The highest BCUT2D eigenvalue weighted by Gasteiger charge is 2.20. The molecule has 1 fully saturated rings. The van der Waals surface area contributed by atoms with Crippen LogP contribution in [0.5, 0.6) is 5.75 Å². The minimum absolute atomic E-state index is 0.0321. The maximum absolute atomic E-state index is 12.4. The lowest BCUT2D eigenvalue weighted by molar-refractivity contribution is -0.126. The fraction of sp³-hybridized carbons (Fsp3) is 0.263. The third-order valence-corrected chi connectivity index (χ3v) is 5.05. The molecule has 2 aromatic rings. The number of carbonyl (C=O) groups is 2. The third kappa shape index (κ3) is 3.88. The highest BCUT2D eigenvalue weighted by atomic mass is 32.1. The standard InChI is InChI=1S/C19H21N3O3S/c1-3-18(23)22-9-7-21(8-10-22)15-6-4-5-14(11-15)20-19(24)16-12-26-13-17(16)25-2/h3-6,11-13H,1,7-10H2,2H3,(H,20,24). The number of nitrogens with zero attached hydrogens (tertiary/aromatic N) is 2. The van der Waals surface area contributed by atoms with Gasteiger partial charge in [0.05, 0.1) is 12.7 Å². The van der Waals surface area contributed by atoms with Crippen molar-refractivity contribution < 1.29 is 14.3 Å². The van der Waals surface area contributed by atoms with E-state index in [0.29, 0.717) is 24.4 Å². The molecule has 0 bridgehead atoms. The Morgan fingerprint density at radius 1 is 1.23 bits per heavy atom. The predicted molar refractivity (Wildman–Crippen MR) is 104 cm³/mol. The summed E-state index contributed by atoms with van der Waals surface area (Å²) in [7, 11) is 1.55. The average Bonchev–Trinajstić information content (AvgIpc) is 3.17. The monoisotopic (exact) mass is 371 g/mol. The molecule has 6 nitrogen and oxygen atoms in total. The van der Waals surface area contributed by atoms with E-state index in [1.165, 1.54) is 17.4 Å². The first-order valence-corrected chi connectivity index (χ1v) is 9.24. The van der Waals surface area contributed by atoms with Crippen LogP contribution in [0.3, 0.4) is 0 Å². The van der Waals surface area contributed by atoms with Crippen LogP contribution in [0.25, 0.3) is 0 Å². The molecule has 0 unspecified atom stereocenters. The van der Waals surface area contributed by atoms with E-state index in [2.05, 4.69) is 16.8 Å². The van der Waals surface area contributed by atoms with E-state index in [-0.39, 0.29) is 11.8 Å². The van der Waals surface area contributed by atoms with Gasteiger partial charge in [-0.3, -0.25) is 9.59 Å². The summed E-state index contributed by atoms with van der Waals surface area (Å²) in [5.74, 6) is 0.351. The minimum Gasteiger partial charge on any atom is -0.495 e. The number of nitrogens with one attached hydrogen (secondary N) is 1. The first-order valence-electron chi connectivity index (χ1n) is 8.30. The van der Waals surface area contributed by atoms with Gasteiger partial charge in [-0.1, -0.05) is 12.6 Å². The molecule has 0 atom stereocenters. The van der Waals surface area contributed by atoms with Crippen LogP contribution in [-0.4, -0.2) is 50.0 Å². The zero-order valence-corrected chi connectivity index (χ0v) is 15.4. The van der Waals surface area contributed by atoms with E-state index in [0.717, 1.165) is 24.5 Å². The zero-order chi connectivity index (χ0) is 18.5. The van der Waals surface area contributed by atoms with Gasteiger partial charge in [0.2, 0.25) is 5.91 Å². The number of piperazine rings is 1. The molecule has 0 spiro atoms. The van der Waals surface area contributed by atoms with Crippen LogP contribution >= 0.6 is 11.3 Å². The molecule has 1 aliphatic heterocycles. The van der Waals surface area contributed by atoms with Crippen molar-refractivity contribution in [2.45, 2.75) is 0 Å². The van der Waals surface area contributed by atoms with Crippen molar-refractivity contribution >= 4 is 34.5 Å². The molecule has 2 amide bonds. The summed E-state index contributed by atoms with van der Waals surface area (Å²) in [6.45, 7) is 6.34. The molecule has 2 heterocycles. The Balaban J connectivity index is 1.66. The van der Waals surface area contributed by atoms with Crippen LogP contribution in [0.4, 0.5) is 11.4 Å². The predicted octanol–water partition coefficient (Wildman–Crippen LogP) is 2.84. The second-order valence-corrected chi connectivity index (χ2v) is 6.62. The van der Waals surface area contributed by atoms with Crippen LogP contribution in [-0.2, 0) is 4.79 Å². The molecule has 1 aliphatic rings. The van der Waals surface area contributed by atoms with Crippen LogP contribution < -0.4 is 15.0 Å². The smallest absolute Gasteiger partial charge is 0.260 e. The van der Waals surface area contributed by atoms with Crippen molar-refractivity contribution in [1.29, 1.82) is 0 Å². The van der Waals surface area contributed by atoms with Gasteiger partial charge in [-0.25, -0.2) is 0 Å². The Bertz CT molecular complexity index is 810. The zero-order valence-electron chi connectivity index (χ0n) is 14.6. The molecule has 0 radical (unpaired) electrons. The Kier molecular flexibility index (Phi) is 5.58. The lowest BCUT2D eigenvalue weighted by atomic mass is 10.2. The first kappa shape index (κ1) is 18.0. The number of anilines is 2. The Labute approximate surface area is 156 Å². The van der Waals surface area contributed by atoms with Gasteiger partial charge in [-0.15, -0.1) is 11.3 Å². The van der Waals surface area contributed by atoms with E-state index in [4.69, 9.17) is 4.74 Å². The molecule has 1 aromatic heterocycles. The number of thiophene rings is 1. The van der Waals surface area contributed by atoms with Gasteiger partial charge in [-0.05, 0) is 24.3 Å². The van der Waals surface area contributed by atoms with Gasteiger partial charge in [0.25, 0.3) is 5.91 Å². The number of ether oxygens (including phenoxy) is 1. The van der Waals surface area contributed by atoms with Crippen molar-refractivity contribution in [1.82, 2.24) is 4.90 Å². The fourth-order valence-corrected chi connectivity index (χ4v) is 3.68. The highest BCUT2D eigenvalue weighted by molar-refractivity contribution is 7.08. The fourth-order valence-electron chi connectivity index (χ4n) is 2.90. The summed E-state index contributed by atoms with van der Waals surface area (Å²) >= 11 is 1.43. The number of benzene rings is 1. The molecule has 136 valence electrons. The summed E-state index contributed by atoms with van der Waals surface area (Å²) in [4.78, 5) is 28.1. The minimum atomic E-state index is -0.193. The molecule has 3 rings (SSSR count). The molecule has 26 heavy (non-hydrogen) atoms. The normalized spacial score (nSPS) is 14.0. The number of rotatable bonds is 5. The molecule has 7 heteroatoms. The van der Waals surface area contributed by atoms with E-state index < -0.39 is 0 Å². The van der Waals surface area contributed by atoms with Crippen molar-refractivity contribution in [3.63, 3.8) is 0 Å². The van der Waals surface area contributed by atoms with E-state index in [1.807, 2.05) is 24.3 Å². The van der Waals surface area contributed by atoms with Gasteiger partial charge < -0.3 is 19.9 Å². The first-order chi connectivity index (χ1) is 12.6. The lowest BCUT2D eigenvalue weighted by Gasteiger charge is -2.35. The summed E-state index contributed by atoms with van der Waals surface area (Å²) in [5, 5.41) is 6.49. The number of hydrogen-bond acceptors (Lipinski definition) is 5. The number of methoxy groups -OCH3 is 1. The molecule has 0 saturated carbocycles. The van der Waals surface area contributed by atoms with Crippen molar-refractivity contribution in [3.05, 3.63) is 53.2 Å². The summed E-state index contributed by atoms with van der Waals surface area (Å²) < 4.78 is 5.20. The maximum Gasteiger partial charge on any atom is 0.260 e. The SMILES string of the molecule is C=CC(=O)N1CCN(c2cccc(NC(=O)c3cscc3OC)c2)CC1. The van der Waals surface area contributed by atoms with Gasteiger partial charge in [0, 0.05) is 48.3 Å². The quantitative estimate of drug-likeness (QED) is 0.821. The van der Waals surface area contributed by atoms with Gasteiger partial charge in [0.1, 0.15) is 5.75 Å². The maximum atomic E-state index is 12.4. The second kappa shape index (κ2) is 8.05. The molecule has 1 aromatic carbocycles. The Hall–Kier alpha value is -2.80. The molecule has 1 saturated heterocycles. The van der Waals surface area contributed by atoms with Gasteiger partial charge in [0.15, 0.2) is 0 Å². The van der Waals surface area contributed by atoms with Gasteiger partial charge >= 0.3 is 0 Å².